The van der Waals surface area contributed by atoms with Crippen LogP contribution in [-0.4, -0.2) is 42.1 Å². The Labute approximate surface area is 137 Å². The highest BCUT2D eigenvalue weighted by atomic mass is 16.3. The molecule has 0 aliphatic heterocycles. The van der Waals surface area contributed by atoms with Gasteiger partial charge >= 0.3 is 6.03 Å². The summed E-state index contributed by atoms with van der Waals surface area (Å²) in [5, 5.41) is 5.69. The van der Waals surface area contributed by atoms with Gasteiger partial charge in [-0.05, 0) is 52.4 Å². The first-order chi connectivity index (χ1) is 11.0. The largest absolute Gasteiger partial charge is 0.441 e. The Balaban J connectivity index is 1.71. The van der Waals surface area contributed by atoms with Gasteiger partial charge in [0.1, 0.15) is 5.52 Å². The molecule has 6 heteroatoms. The van der Waals surface area contributed by atoms with Crippen molar-refractivity contribution in [1.29, 1.82) is 0 Å². The van der Waals surface area contributed by atoms with Crippen LogP contribution in [0.1, 0.15) is 32.6 Å². The monoisotopic (exact) mass is 318 g/mol. The number of carbonyl (C=O) groups is 1. The van der Waals surface area contributed by atoms with Crippen LogP contribution in [0.15, 0.2) is 22.6 Å². The lowest BCUT2D eigenvalue weighted by atomic mass is 10.2. The van der Waals surface area contributed by atoms with Gasteiger partial charge in [0.25, 0.3) is 0 Å². The predicted molar refractivity (Wildman–Crippen MR) is 92.8 cm³/mol. The summed E-state index contributed by atoms with van der Waals surface area (Å²) >= 11 is 0. The molecule has 0 saturated carbocycles. The van der Waals surface area contributed by atoms with Gasteiger partial charge in [0.2, 0.25) is 0 Å². The fourth-order valence-corrected chi connectivity index (χ4v) is 2.24. The Morgan fingerprint density at radius 1 is 1.35 bits per heavy atom. The number of oxazole rings is 1. The average Bonchev–Trinajstić information content (AvgIpc) is 2.85. The molecule has 0 spiro atoms. The van der Waals surface area contributed by atoms with E-state index in [1.807, 2.05) is 12.1 Å². The van der Waals surface area contributed by atoms with E-state index < -0.39 is 0 Å². The minimum absolute atomic E-state index is 0.196. The summed E-state index contributed by atoms with van der Waals surface area (Å²) in [7, 11) is 2.12. The van der Waals surface area contributed by atoms with E-state index >= 15 is 0 Å². The molecule has 0 atom stereocenters. The molecule has 0 aliphatic carbocycles. The van der Waals surface area contributed by atoms with E-state index in [-0.39, 0.29) is 6.03 Å². The third kappa shape index (κ3) is 5.25. The van der Waals surface area contributed by atoms with Crippen LogP contribution in [0.2, 0.25) is 0 Å². The van der Waals surface area contributed by atoms with Crippen LogP contribution >= 0.6 is 0 Å². The summed E-state index contributed by atoms with van der Waals surface area (Å²) in [6.07, 6.45) is 2.03. The lowest BCUT2D eigenvalue weighted by Crippen LogP contribution is -2.31. The number of nitrogens with zero attached hydrogens (tertiary/aromatic N) is 2. The van der Waals surface area contributed by atoms with E-state index in [4.69, 9.17) is 4.42 Å². The van der Waals surface area contributed by atoms with Crippen molar-refractivity contribution >= 4 is 22.8 Å². The van der Waals surface area contributed by atoms with Gasteiger partial charge in [-0.15, -0.1) is 0 Å². The number of fused-ring (bicyclic) bond motifs is 1. The number of urea groups is 1. The molecule has 2 amide bonds. The second-order valence-corrected chi connectivity index (χ2v) is 6.08. The Bertz CT molecular complexity index is 651. The molecular formula is C17H26N4O2. The molecule has 2 aromatic rings. The smallest absolute Gasteiger partial charge is 0.319 e. The van der Waals surface area contributed by atoms with Crippen molar-refractivity contribution in [3.63, 3.8) is 0 Å². The number of carbonyl (C=O) groups excluding carboxylic acids is 1. The maximum absolute atomic E-state index is 11.9. The zero-order valence-electron chi connectivity index (χ0n) is 14.3. The molecule has 0 fully saturated rings. The SMILES string of the molecule is Cc1nc2ccc(NC(=O)NCCCCN(C)C(C)C)cc2o1. The van der Waals surface area contributed by atoms with E-state index in [0.717, 1.165) is 24.9 Å². The zero-order chi connectivity index (χ0) is 16.8. The van der Waals surface area contributed by atoms with Crippen LogP contribution in [0.5, 0.6) is 0 Å². The van der Waals surface area contributed by atoms with Gasteiger partial charge in [-0.2, -0.15) is 0 Å². The minimum atomic E-state index is -0.196. The molecular weight excluding hydrogens is 292 g/mol. The highest BCUT2D eigenvalue weighted by Crippen LogP contribution is 2.19. The molecule has 0 saturated heterocycles. The maximum Gasteiger partial charge on any atom is 0.319 e. The second kappa shape index (κ2) is 7.97. The number of benzene rings is 1. The van der Waals surface area contributed by atoms with Crippen LogP contribution in [-0.2, 0) is 0 Å². The van der Waals surface area contributed by atoms with Crippen molar-refractivity contribution in [3.05, 3.63) is 24.1 Å². The summed E-state index contributed by atoms with van der Waals surface area (Å²) in [6.45, 7) is 7.87. The zero-order valence-corrected chi connectivity index (χ0v) is 14.3. The third-order valence-electron chi connectivity index (χ3n) is 3.86. The first-order valence-corrected chi connectivity index (χ1v) is 8.08. The molecule has 0 radical (unpaired) electrons. The number of hydrogen-bond acceptors (Lipinski definition) is 4. The molecule has 2 rings (SSSR count). The van der Waals surface area contributed by atoms with Crippen molar-refractivity contribution in [3.8, 4) is 0 Å². The highest BCUT2D eigenvalue weighted by molar-refractivity contribution is 5.91. The fraction of sp³-hybridized carbons (Fsp3) is 0.529. The molecule has 1 aromatic heterocycles. The summed E-state index contributed by atoms with van der Waals surface area (Å²) in [5.74, 6) is 0.618. The van der Waals surface area contributed by atoms with Gasteiger partial charge in [-0.25, -0.2) is 9.78 Å². The third-order valence-corrected chi connectivity index (χ3v) is 3.86. The van der Waals surface area contributed by atoms with Crippen molar-refractivity contribution in [2.45, 2.75) is 39.7 Å². The molecule has 126 valence electrons. The number of amides is 2. The number of nitrogens with one attached hydrogen (secondary N) is 2. The number of aromatic nitrogens is 1. The molecule has 6 nitrogen and oxygen atoms in total. The Morgan fingerprint density at radius 2 is 2.13 bits per heavy atom. The van der Waals surface area contributed by atoms with Crippen LogP contribution in [0.25, 0.3) is 11.1 Å². The first kappa shape index (κ1) is 17.3. The van der Waals surface area contributed by atoms with Gasteiger partial charge in [-0.3, -0.25) is 0 Å². The van der Waals surface area contributed by atoms with Crippen molar-refractivity contribution in [2.24, 2.45) is 0 Å². The summed E-state index contributed by atoms with van der Waals surface area (Å²) in [5.41, 5.74) is 2.17. The second-order valence-electron chi connectivity index (χ2n) is 6.08. The summed E-state index contributed by atoms with van der Waals surface area (Å²) < 4.78 is 5.46. The van der Waals surface area contributed by atoms with E-state index in [2.05, 4.69) is 41.4 Å². The molecule has 0 unspecified atom stereocenters. The molecule has 0 bridgehead atoms. The summed E-state index contributed by atoms with van der Waals surface area (Å²) in [4.78, 5) is 18.4. The minimum Gasteiger partial charge on any atom is -0.441 e. The number of aryl methyl sites for hydroxylation is 1. The lowest BCUT2D eigenvalue weighted by molar-refractivity contribution is 0.250. The van der Waals surface area contributed by atoms with Crippen LogP contribution in [0, 0.1) is 6.92 Å². The lowest BCUT2D eigenvalue weighted by Gasteiger charge is -2.20. The van der Waals surface area contributed by atoms with Gasteiger partial charge in [0.15, 0.2) is 11.5 Å². The van der Waals surface area contributed by atoms with Crippen LogP contribution in [0.4, 0.5) is 10.5 Å². The molecule has 1 heterocycles. The van der Waals surface area contributed by atoms with E-state index in [1.54, 1.807) is 13.0 Å². The Hall–Kier alpha value is -2.08. The van der Waals surface area contributed by atoms with E-state index in [9.17, 15) is 4.79 Å². The van der Waals surface area contributed by atoms with E-state index in [0.29, 0.717) is 29.7 Å². The van der Waals surface area contributed by atoms with Gasteiger partial charge in [0.05, 0.1) is 0 Å². The topological polar surface area (TPSA) is 70.4 Å². The maximum atomic E-state index is 11.9. The number of unbranched alkanes of at least 4 members (excludes halogenated alkanes) is 1. The van der Waals surface area contributed by atoms with Crippen molar-refractivity contribution in [2.75, 3.05) is 25.5 Å². The van der Waals surface area contributed by atoms with Crippen LogP contribution in [0.3, 0.4) is 0 Å². The molecule has 1 aromatic carbocycles. The number of rotatable bonds is 7. The Kier molecular flexibility index (Phi) is 5.98. The van der Waals surface area contributed by atoms with Gasteiger partial charge < -0.3 is 20.0 Å². The van der Waals surface area contributed by atoms with Gasteiger partial charge in [0, 0.05) is 31.3 Å². The van der Waals surface area contributed by atoms with Crippen molar-refractivity contribution < 1.29 is 9.21 Å². The standard InChI is InChI=1S/C17H26N4O2/c1-12(2)21(4)10-6-5-9-18-17(22)20-14-7-8-15-16(11-14)23-13(3)19-15/h7-8,11-12H,5-6,9-10H2,1-4H3,(H2,18,20,22). The van der Waals surface area contributed by atoms with E-state index in [1.165, 1.54) is 0 Å². The van der Waals surface area contributed by atoms with Crippen LogP contribution < -0.4 is 10.6 Å². The quantitative estimate of drug-likeness (QED) is 0.768. The summed E-state index contributed by atoms with van der Waals surface area (Å²) in [6, 6.07) is 5.80. The number of anilines is 1. The first-order valence-electron chi connectivity index (χ1n) is 8.08. The predicted octanol–water partition coefficient (Wildman–Crippen LogP) is 3.38. The highest BCUT2D eigenvalue weighted by Gasteiger charge is 2.06. The molecule has 23 heavy (non-hydrogen) atoms. The normalized spacial score (nSPS) is 11.4. The Morgan fingerprint density at radius 3 is 2.87 bits per heavy atom. The fourth-order valence-electron chi connectivity index (χ4n) is 2.24. The van der Waals surface area contributed by atoms with Crippen molar-refractivity contribution in [1.82, 2.24) is 15.2 Å². The van der Waals surface area contributed by atoms with Gasteiger partial charge in [-0.1, -0.05) is 0 Å². The average molecular weight is 318 g/mol. The number of hydrogen-bond donors (Lipinski definition) is 2. The molecule has 2 N–H and O–H groups in total. The molecule has 0 aliphatic rings.